The number of ether oxygens (including phenoxy) is 1. The number of carbonyl (C=O) groups excluding carboxylic acids is 3. The molecule has 190 valence electrons. The summed E-state index contributed by atoms with van der Waals surface area (Å²) in [5.41, 5.74) is 1.53. The van der Waals surface area contributed by atoms with Gasteiger partial charge in [0.15, 0.2) is 6.61 Å². The molecule has 3 fully saturated rings. The van der Waals surface area contributed by atoms with Gasteiger partial charge in [-0.2, -0.15) is 0 Å². The van der Waals surface area contributed by atoms with Gasteiger partial charge in [-0.05, 0) is 31.4 Å². The number of piperazine rings is 1. The molecule has 3 heterocycles. The van der Waals surface area contributed by atoms with Crippen molar-refractivity contribution in [1.82, 2.24) is 20.0 Å². The molecular formula is C24H33N5O6. The average molecular weight is 488 g/mol. The molecule has 0 aliphatic carbocycles. The summed E-state index contributed by atoms with van der Waals surface area (Å²) in [6.45, 7) is 6.76. The van der Waals surface area contributed by atoms with Crippen LogP contribution in [0.15, 0.2) is 18.2 Å². The molecular weight excluding hydrogens is 454 g/mol. The zero-order valence-electron chi connectivity index (χ0n) is 20.1. The van der Waals surface area contributed by atoms with E-state index < -0.39 is 12.0 Å². The third-order valence-corrected chi connectivity index (χ3v) is 6.99. The van der Waals surface area contributed by atoms with Crippen molar-refractivity contribution in [2.75, 3.05) is 63.9 Å². The lowest BCUT2D eigenvalue weighted by molar-refractivity contribution is -0.138. The van der Waals surface area contributed by atoms with Crippen molar-refractivity contribution in [3.05, 3.63) is 23.8 Å². The fraction of sp³-hybridized carbons (Fsp3) is 0.583. The molecule has 2 N–H and O–H groups in total. The minimum absolute atomic E-state index is 0.0711. The van der Waals surface area contributed by atoms with Gasteiger partial charge in [0.05, 0.1) is 12.2 Å². The van der Waals surface area contributed by atoms with Gasteiger partial charge in [-0.3, -0.25) is 34.4 Å². The van der Waals surface area contributed by atoms with Gasteiger partial charge in [0.1, 0.15) is 5.75 Å². The Balaban J connectivity index is 1.24. The number of aliphatic carboxylic acids is 1. The minimum atomic E-state index is -0.789. The summed E-state index contributed by atoms with van der Waals surface area (Å²) < 4.78 is 5.77. The zero-order chi connectivity index (χ0) is 24.9. The molecule has 1 aromatic rings. The highest BCUT2D eigenvalue weighted by atomic mass is 16.5. The number of rotatable bonds is 7. The van der Waals surface area contributed by atoms with Gasteiger partial charge < -0.3 is 14.7 Å². The third kappa shape index (κ3) is 6.29. The SMILES string of the molecule is Cc1ccc(OCC(=O)N2CCC(N3CCN(CC(=O)O)CC3)CC2)cc1N1CCC(=O)NC1=O. The normalized spacial score (nSPS) is 20.6. The number of imide groups is 1. The molecule has 3 saturated heterocycles. The minimum Gasteiger partial charge on any atom is -0.484 e. The lowest BCUT2D eigenvalue weighted by atomic mass is 10.0. The largest absolute Gasteiger partial charge is 0.484 e. The lowest BCUT2D eigenvalue weighted by Crippen LogP contribution is -2.54. The summed E-state index contributed by atoms with van der Waals surface area (Å²) in [5, 5.41) is 11.3. The van der Waals surface area contributed by atoms with Crippen LogP contribution in [0.3, 0.4) is 0 Å². The van der Waals surface area contributed by atoms with Crippen molar-refractivity contribution in [3.63, 3.8) is 0 Å². The molecule has 35 heavy (non-hydrogen) atoms. The van der Waals surface area contributed by atoms with Gasteiger partial charge >= 0.3 is 12.0 Å². The lowest BCUT2D eigenvalue weighted by Gasteiger charge is -2.42. The van der Waals surface area contributed by atoms with E-state index in [-0.39, 0.29) is 31.4 Å². The molecule has 1 aromatic carbocycles. The van der Waals surface area contributed by atoms with Crippen LogP contribution < -0.4 is 15.0 Å². The molecule has 0 bridgehead atoms. The number of nitrogens with zero attached hydrogens (tertiary/aromatic N) is 4. The van der Waals surface area contributed by atoms with E-state index in [0.717, 1.165) is 44.6 Å². The maximum absolute atomic E-state index is 12.8. The first-order valence-electron chi connectivity index (χ1n) is 12.1. The number of anilines is 1. The number of hydrogen-bond donors (Lipinski definition) is 2. The Morgan fingerprint density at radius 3 is 2.43 bits per heavy atom. The molecule has 0 unspecified atom stereocenters. The number of likely N-dealkylation sites (tertiary alicyclic amines) is 1. The van der Waals surface area contributed by atoms with Crippen LogP contribution >= 0.6 is 0 Å². The second-order valence-corrected chi connectivity index (χ2v) is 9.31. The van der Waals surface area contributed by atoms with E-state index in [4.69, 9.17) is 9.84 Å². The van der Waals surface area contributed by atoms with Crippen LogP contribution in [0.5, 0.6) is 5.75 Å². The van der Waals surface area contributed by atoms with Gasteiger partial charge in [-0.15, -0.1) is 0 Å². The fourth-order valence-corrected chi connectivity index (χ4v) is 4.96. The van der Waals surface area contributed by atoms with E-state index in [9.17, 15) is 19.2 Å². The predicted octanol–water partition coefficient (Wildman–Crippen LogP) is 0.513. The standard InChI is InChI=1S/C24H33N5O6/c1-17-2-3-19(14-20(17)29-9-6-21(30)25-24(29)34)35-16-22(31)28-7-4-18(5-8-28)27-12-10-26(11-13-27)15-23(32)33/h2-3,14,18H,4-13,15-16H2,1H3,(H,32,33)(H,25,30,34). The first kappa shape index (κ1) is 24.9. The van der Waals surface area contributed by atoms with Gasteiger partial charge in [0, 0.05) is 64.3 Å². The summed E-state index contributed by atoms with van der Waals surface area (Å²) >= 11 is 0. The van der Waals surface area contributed by atoms with Crippen LogP contribution in [0.2, 0.25) is 0 Å². The number of carboxylic acids is 1. The van der Waals surface area contributed by atoms with Crippen molar-refractivity contribution in [2.45, 2.75) is 32.2 Å². The van der Waals surface area contributed by atoms with Crippen LogP contribution in [0, 0.1) is 6.92 Å². The van der Waals surface area contributed by atoms with Gasteiger partial charge in [0.25, 0.3) is 5.91 Å². The summed E-state index contributed by atoms with van der Waals surface area (Å²) in [6.07, 6.45) is 2.02. The molecule has 4 amide bonds. The molecule has 4 rings (SSSR count). The smallest absolute Gasteiger partial charge is 0.328 e. The number of benzene rings is 1. The number of carbonyl (C=O) groups is 4. The van der Waals surface area contributed by atoms with Crippen molar-refractivity contribution < 1.29 is 29.0 Å². The van der Waals surface area contributed by atoms with E-state index in [0.29, 0.717) is 37.1 Å². The van der Waals surface area contributed by atoms with Gasteiger partial charge in [-0.1, -0.05) is 6.07 Å². The second kappa shape index (κ2) is 11.0. The molecule has 0 aromatic heterocycles. The number of aryl methyl sites for hydroxylation is 1. The molecule has 0 saturated carbocycles. The highest BCUT2D eigenvalue weighted by molar-refractivity contribution is 6.06. The molecule has 0 atom stereocenters. The molecule has 11 nitrogen and oxygen atoms in total. The quantitative estimate of drug-likeness (QED) is 0.571. The number of urea groups is 1. The molecule has 3 aliphatic rings. The fourth-order valence-electron chi connectivity index (χ4n) is 4.96. The number of hydrogen-bond acceptors (Lipinski definition) is 7. The molecule has 11 heteroatoms. The van der Waals surface area contributed by atoms with E-state index in [1.165, 1.54) is 4.90 Å². The maximum atomic E-state index is 12.8. The van der Waals surface area contributed by atoms with Crippen LogP contribution in [0.25, 0.3) is 0 Å². The van der Waals surface area contributed by atoms with Crippen molar-refractivity contribution in [3.8, 4) is 5.75 Å². The summed E-state index contributed by atoms with van der Waals surface area (Å²) in [5.74, 6) is -0.648. The number of amides is 4. The Labute approximate surface area is 204 Å². The number of carboxylic acid groups (broad SMARTS) is 1. The Morgan fingerprint density at radius 2 is 1.77 bits per heavy atom. The monoisotopic (exact) mass is 487 g/mol. The Kier molecular flexibility index (Phi) is 7.86. The first-order valence-corrected chi connectivity index (χ1v) is 12.1. The van der Waals surface area contributed by atoms with Gasteiger partial charge in [-0.25, -0.2) is 4.79 Å². The Morgan fingerprint density at radius 1 is 1.06 bits per heavy atom. The van der Waals surface area contributed by atoms with E-state index in [1.54, 1.807) is 12.1 Å². The molecule has 3 aliphatic heterocycles. The maximum Gasteiger partial charge on any atom is 0.328 e. The first-order chi connectivity index (χ1) is 16.8. The highest BCUT2D eigenvalue weighted by Crippen LogP contribution is 2.27. The highest BCUT2D eigenvalue weighted by Gasteiger charge is 2.30. The third-order valence-electron chi connectivity index (χ3n) is 6.99. The molecule has 0 spiro atoms. The van der Waals surface area contributed by atoms with Crippen molar-refractivity contribution >= 4 is 29.5 Å². The number of nitrogens with one attached hydrogen (secondary N) is 1. The average Bonchev–Trinajstić information content (AvgIpc) is 2.84. The topological polar surface area (TPSA) is 123 Å². The van der Waals surface area contributed by atoms with E-state index >= 15 is 0 Å². The Bertz CT molecular complexity index is 969. The molecule has 0 radical (unpaired) electrons. The summed E-state index contributed by atoms with van der Waals surface area (Å²) in [6, 6.07) is 5.29. The van der Waals surface area contributed by atoms with E-state index in [1.807, 2.05) is 22.8 Å². The Hall–Kier alpha value is -3.18. The van der Waals surface area contributed by atoms with Crippen molar-refractivity contribution in [2.24, 2.45) is 0 Å². The number of piperidine rings is 1. The zero-order valence-corrected chi connectivity index (χ0v) is 20.1. The second-order valence-electron chi connectivity index (χ2n) is 9.31. The van der Waals surface area contributed by atoms with E-state index in [2.05, 4.69) is 10.2 Å². The summed E-state index contributed by atoms with van der Waals surface area (Å²) in [7, 11) is 0. The van der Waals surface area contributed by atoms with Gasteiger partial charge in [0.2, 0.25) is 5.91 Å². The summed E-state index contributed by atoms with van der Waals surface area (Å²) in [4.78, 5) is 55.0. The van der Waals surface area contributed by atoms with Crippen LogP contribution in [0.1, 0.15) is 24.8 Å². The van der Waals surface area contributed by atoms with Crippen LogP contribution in [0.4, 0.5) is 10.5 Å². The van der Waals surface area contributed by atoms with Crippen LogP contribution in [-0.2, 0) is 14.4 Å². The van der Waals surface area contributed by atoms with Crippen LogP contribution in [-0.4, -0.2) is 109 Å². The van der Waals surface area contributed by atoms with Crippen molar-refractivity contribution in [1.29, 1.82) is 0 Å². The predicted molar refractivity (Wildman–Crippen MR) is 127 cm³/mol.